The molecule has 1 aliphatic heterocycles. The SMILES string of the molecule is C[C@H](OC(=O)c1ccc(N2C(=O)CCC2=O)cc1)C(=O)Nc1ccccc1C#N. The maximum Gasteiger partial charge on any atom is 0.338 e. The van der Waals surface area contributed by atoms with Crippen molar-refractivity contribution in [3.05, 3.63) is 59.7 Å². The van der Waals surface area contributed by atoms with Gasteiger partial charge in [-0.05, 0) is 43.3 Å². The molecule has 1 atom stereocenters. The third-order valence-electron chi connectivity index (χ3n) is 4.37. The fourth-order valence-electron chi connectivity index (χ4n) is 2.82. The molecule has 29 heavy (non-hydrogen) atoms. The Morgan fingerprint density at radius 1 is 1.07 bits per heavy atom. The Morgan fingerprint density at radius 2 is 1.69 bits per heavy atom. The van der Waals surface area contributed by atoms with E-state index in [0.29, 0.717) is 16.9 Å². The van der Waals surface area contributed by atoms with Crippen molar-refractivity contribution in [1.29, 1.82) is 5.26 Å². The van der Waals surface area contributed by atoms with E-state index < -0.39 is 18.0 Å². The van der Waals surface area contributed by atoms with Crippen LogP contribution >= 0.6 is 0 Å². The highest BCUT2D eigenvalue weighted by atomic mass is 16.5. The van der Waals surface area contributed by atoms with Crippen molar-refractivity contribution in [2.24, 2.45) is 0 Å². The highest BCUT2D eigenvalue weighted by molar-refractivity contribution is 6.19. The van der Waals surface area contributed by atoms with Gasteiger partial charge in [-0.3, -0.25) is 19.3 Å². The predicted molar refractivity (Wildman–Crippen MR) is 103 cm³/mol. The van der Waals surface area contributed by atoms with Gasteiger partial charge in [0, 0.05) is 12.8 Å². The number of nitrogens with one attached hydrogen (secondary N) is 1. The Balaban J connectivity index is 1.63. The first-order valence-electron chi connectivity index (χ1n) is 8.87. The Morgan fingerprint density at radius 3 is 2.31 bits per heavy atom. The molecule has 0 aromatic heterocycles. The van der Waals surface area contributed by atoms with Gasteiger partial charge >= 0.3 is 5.97 Å². The minimum Gasteiger partial charge on any atom is -0.449 e. The first-order valence-corrected chi connectivity index (χ1v) is 8.87. The number of hydrogen-bond acceptors (Lipinski definition) is 6. The van der Waals surface area contributed by atoms with Crippen molar-refractivity contribution in [3.63, 3.8) is 0 Å². The van der Waals surface area contributed by atoms with Gasteiger partial charge in [0.2, 0.25) is 11.8 Å². The monoisotopic (exact) mass is 391 g/mol. The highest BCUT2D eigenvalue weighted by Gasteiger charge is 2.30. The molecule has 2 aromatic carbocycles. The molecule has 0 radical (unpaired) electrons. The van der Waals surface area contributed by atoms with Gasteiger partial charge in [-0.15, -0.1) is 0 Å². The van der Waals surface area contributed by atoms with Crippen LogP contribution in [0.25, 0.3) is 0 Å². The number of benzene rings is 2. The summed E-state index contributed by atoms with van der Waals surface area (Å²) in [7, 11) is 0. The van der Waals surface area contributed by atoms with Crippen molar-refractivity contribution in [1.82, 2.24) is 0 Å². The molecule has 1 heterocycles. The van der Waals surface area contributed by atoms with Crippen LogP contribution in [0.5, 0.6) is 0 Å². The van der Waals surface area contributed by atoms with Crippen LogP contribution < -0.4 is 10.2 Å². The van der Waals surface area contributed by atoms with Crippen molar-refractivity contribution < 1.29 is 23.9 Å². The third kappa shape index (κ3) is 4.30. The Bertz CT molecular complexity index is 1010. The van der Waals surface area contributed by atoms with Crippen LogP contribution in [0.4, 0.5) is 11.4 Å². The van der Waals surface area contributed by atoms with E-state index in [0.717, 1.165) is 4.90 Å². The van der Waals surface area contributed by atoms with E-state index in [4.69, 9.17) is 10.00 Å². The number of nitrogens with zero attached hydrogens (tertiary/aromatic N) is 2. The number of ether oxygens (including phenoxy) is 1. The molecule has 1 fully saturated rings. The molecule has 1 saturated heterocycles. The zero-order valence-electron chi connectivity index (χ0n) is 15.5. The number of amides is 3. The van der Waals surface area contributed by atoms with Gasteiger partial charge in [-0.1, -0.05) is 12.1 Å². The summed E-state index contributed by atoms with van der Waals surface area (Å²) in [5.41, 5.74) is 1.17. The molecule has 1 aliphatic rings. The lowest BCUT2D eigenvalue weighted by Gasteiger charge is -2.16. The van der Waals surface area contributed by atoms with Crippen LogP contribution in [0.2, 0.25) is 0 Å². The second-order valence-corrected chi connectivity index (χ2v) is 6.36. The zero-order valence-corrected chi connectivity index (χ0v) is 15.5. The molecule has 3 amide bonds. The summed E-state index contributed by atoms with van der Waals surface area (Å²) in [6, 6.07) is 14.2. The fraction of sp³-hybridized carbons (Fsp3) is 0.190. The van der Waals surface area contributed by atoms with Gasteiger partial charge in [-0.25, -0.2) is 4.79 Å². The Hall–Kier alpha value is -3.99. The smallest absolute Gasteiger partial charge is 0.338 e. The van der Waals surface area contributed by atoms with Gasteiger partial charge < -0.3 is 10.1 Å². The molecule has 0 saturated carbocycles. The van der Waals surface area contributed by atoms with Crippen LogP contribution in [-0.2, 0) is 19.1 Å². The van der Waals surface area contributed by atoms with Gasteiger partial charge in [0.1, 0.15) is 6.07 Å². The summed E-state index contributed by atoms with van der Waals surface area (Å²) in [5.74, 6) is -1.88. The van der Waals surface area contributed by atoms with E-state index in [1.54, 1.807) is 24.3 Å². The molecule has 1 N–H and O–H groups in total. The van der Waals surface area contributed by atoms with Crippen LogP contribution in [0.15, 0.2) is 48.5 Å². The molecule has 8 heteroatoms. The van der Waals surface area contributed by atoms with E-state index >= 15 is 0 Å². The molecular weight excluding hydrogens is 374 g/mol. The van der Waals surface area contributed by atoms with E-state index in [-0.39, 0.29) is 30.2 Å². The van der Waals surface area contributed by atoms with Crippen molar-refractivity contribution in [2.45, 2.75) is 25.9 Å². The van der Waals surface area contributed by atoms with Gasteiger partial charge in [0.05, 0.1) is 22.5 Å². The van der Waals surface area contributed by atoms with Crippen LogP contribution in [0.1, 0.15) is 35.7 Å². The number of anilines is 2. The summed E-state index contributed by atoms with van der Waals surface area (Å²) in [6.07, 6.45) is -0.760. The number of rotatable bonds is 5. The Labute approximate surface area is 166 Å². The van der Waals surface area contributed by atoms with E-state index in [1.165, 1.54) is 31.2 Å². The minimum absolute atomic E-state index is 0.171. The molecule has 2 aromatic rings. The second-order valence-electron chi connectivity index (χ2n) is 6.36. The lowest BCUT2D eigenvalue weighted by Crippen LogP contribution is -2.30. The Kier molecular flexibility index (Phi) is 5.69. The fourth-order valence-corrected chi connectivity index (χ4v) is 2.82. The summed E-state index contributed by atoms with van der Waals surface area (Å²) >= 11 is 0. The molecule has 0 bridgehead atoms. The summed E-state index contributed by atoms with van der Waals surface area (Å²) in [4.78, 5) is 49.2. The number of carbonyl (C=O) groups is 4. The largest absolute Gasteiger partial charge is 0.449 e. The first kappa shape index (κ1) is 19.8. The number of nitriles is 1. The maximum absolute atomic E-state index is 12.3. The minimum atomic E-state index is -1.10. The van der Waals surface area contributed by atoms with Gasteiger partial charge in [0.25, 0.3) is 5.91 Å². The second kappa shape index (κ2) is 8.35. The molecular formula is C21H17N3O5. The lowest BCUT2D eigenvalue weighted by atomic mass is 10.2. The van der Waals surface area contributed by atoms with E-state index in [2.05, 4.69) is 5.32 Å². The summed E-state index contributed by atoms with van der Waals surface area (Å²) in [6.45, 7) is 1.41. The molecule has 0 unspecified atom stereocenters. The summed E-state index contributed by atoms with van der Waals surface area (Å²) < 4.78 is 5.17. The van der Waals surface area contributed by atoms with Gasteiger partial charge in [-0.2, -0.15) is 5.26 Å². The van der Waals surface area contributed by atoms with Gasteiger partial charge in [0.15, 0.2) is 6.10 Å². The molecule has 3 rings (SSSR count). The predicted octanol–water partition coefficient (Wildman–Crippen LogP) is 2.40. The first-order chi connectivity index (χ1) is 13.9. The maximum atomic E-state index is 12.3. The molecule has 0 aliphatic carbocycles. The number of para-hydroxylation sites is 1. The molecule has 146 valence electrons. The molecule has 8 nitrogen and oxygen atoms in total. The topological polar surface area (TPSA) is 117 Å². The van der Waals surface area contributed by atoms with Crippen molar-refractivity contribution in [3.8, 4) is 6.07 Å². The normalized spacial score (nSPS) is 14.3. The lowest BCUT2D eigenvalue weighted by molar-refractivity contribution is -0.124. The average Bonchev–Trinajstić information content (AvgIpc) is 3.06. The summed E-state index contributed by atoms with van der Waals surface area (Å²) in [5, 5.41) is 11.6. The van der Waals surface area contributed by atoms with Crippen LogP contribution in [0, 0.1) is 11.3 Å². The average molecular weight is 391 g/mol. The van der Waals surface area contributed by atoms with E-state index in [9.17, 15) is 19.2 Å². The number of esters is 1. The zero-order chi connectivity index (χ0) is 21.0. The standard InChI is InChI=1S/C21H17N3O5/c1-13(20(27)23-17-5-3-2-4-15(17)12-22)29-21(28)14-6-8-16(9-7-14)24-18(25)10-11-19(24)26/h2-9,13H,10-11H2,1H3,(H,23,27)/t13-/m0/s1. The number of hydrogen-bond donors (Lipinski definition) is 1. The van der Waals surface area contributed by atoms with Crippen molar-refractivity contribution in [2.75, 3.05) is 10.2 Å². The van der Waals surface area contributed by atoms with Crippen molar-refractivity contribution >= 4 is 35.1 Å². The quantitative estimate of drug-likeness (QED) is 0.618. The van der Waals surface area contributed by atoms with E-state index in [1.807, 2.05) is 6.07 Å². The van der Waals surface area contributed by atoms with Crippen LogP contribution in [-0.4, -0.2) is 29.8 Å². The number of imide groups is 1. The molecule has 0 spiro atoms. The number of carbonyl (C=O) groups excluding carboxylic acids is 4. The third-order valence-corrected chi connectivity index (χ3v) is 4.37. The highest BCUT2D eigenvalue weighted by Crippen LogP contribution is 2.23. The van der Waals surface area contributed by atoms with Crippen LogP contribution in [0.3, 0.4) is 0 Å².